The maximum atomic E-state index is 12.8. The summed E-state index contributed by atoms with van der Waals surface area (Å²) in [4.78, 5) is 25.3. The maximum absolute atomic E-state index is 12.8. The first-order chi connectivity index (χ1) is 11.1. The van der Waals surface area contributed by atoms with E-state index in [0.717, 1.165) is 18.4 Å². The fourth-order valence-electron chi connectivity index (χ4n) is 3.14. The summed E-state index contributed by atoms with van der Waals surface area (Å²) in [5.74, 6) is -0.139. The number of benzene rings is 2. The molecule has 1 heterocycles. The average molecular weight is 310 g/mol. The number of aryl methyl sites for hydroxylation is 1. The third-order valence-corrected chi connectivity index (χ3v) is 4.35. The molecule has 1 amide bonds. The van der Waals surface area contributed by atoms with Crippen molar-refractivity contribution in [2.24, 2.45) is 0 Å². The molecule has 0 aromatic heterocycles. The monoisotopic (exact) mass is 310 g/mol. The summed E-state index contributed by atoms with van der Waals surface area (Å²) in [5, 5.41) is 11.1. The lowest BCUT2D eigenvalue weighted by atomic mass is 10.0. The smallest absolute Gasteiger partial charge is 0.273 e. The summed E-state index contributed by atoms with van der Waals surface area (Å²) in [6.45, 7) is 2.36. The second-order valence-corrected chi connectivity index (χ2v) is 5.83. The van der Waals surface area contributed by atoms with Gasteiger partial charge in [0.2, 0.25) is 0 Å². The van der Waals surface area contributed by atoms with E-state index in [2.05, 4.69) is 0 Å². The number of carbonyl (C=O) groups is 1. The van der Waals surface area contributed by atoms with E-state index < -0.39 is 4.92 Å². The minimum absolute atomic E-state index is 0.00805. The van der Waals surface area contributed by atoms with Crippen LogP contribution in [0, 0.1) is 17.0 Å². The molecule has 2 aromatic rings. The van der Waals surface area contributed by atoms with E-state index in [9.17, 15) is 14.9 Å². The number of hydrogen-bond acceptors (Lipinski definition) is 3. The van der Waals surface area contributed by atoms with Crippen LogP contribution in [0.5, 0.6) is 0 Å². The Labute approximate surface area is 134 Å². The van der Waals surface area contributed by atoms with Gasteiger partial charge in [0.05, 0.1) is 11.0 Å². The van der Waals surface area contributed by atoms with E-state index in [4.69, 9.17) is 0 Å². The van der Waals surface area contributed by atoms with Crippen molar-refractivity contribution in [1.82, 2.24) is 4.90 Å². The van der Waals surface area contributed by atoms with Crippen LogP contribution >= 0.6 is 0 Å². The van der Waals surface area contributed by atoms with Gasteiger partial charge in [0.1, 0.15) is 0 Å². The normalized spacial score (nSPS) is 17.3. The van der Waals surface area contributed by atoms with Crippen molar-refractivity contribution in [3.63, 3.8) is 0 Å². The molecule has 1 aliphatic rings. The quantitative estimate of drug-likeness (QED) is 0.638. The van der Waals surface area contributed by atoms with Crippen molar-refractivity contribution >= 4 is 11.6 Å². The second kappa shape index (κ2) is 6.20. The van der Waals surface area contributed by atoms with Gasteiger partial charge in [0.25, 0.3) is 11.6 Å². The Balaban J connectivity index is 1.91. The number of nitrogens with zero attached hydrogens (tertiary/aromatic N) is 2. The largest absolute Gasteiger partial charge is 0.332 e. The first-order valence-electron chi connectivity index (χ1n) is 7.69. The highest BCUT2D eigenvalue weighted by molar-refractivity contribution is 5.95. The molecule has 0 N–H and O–H groups in total. The molecule has 5 heteroatoms. The van der Waals surface area contributed by atoms with E-state index in [0.29, 0.717) is 17.7 Å². The van der Waals surface area contributed by atoms with Crippen LogP contribution in [0.15, 0.2) is 48.5 Å². The zero-order chi connectivity index (χ0) is 16.4. The molecule has 118 valence electrons. The first kappa shape index (κ1) is 15.2. The number of carbonyl (C=O) groups excluding carboxylic acids is 1. The van der Waals surface area contributed by atoms with Crippen molar-refractivity contribution in [3.8, 4) is 0 Å². The second-order valence-electron chi connectivity index (χ2n) is 5.83. The van der Waals surface area contributed by atoms with Crippen molar-refractivity contribution in [1.29, 1.82) is 0 Å². The van der Waals surface area contributed by atoms with E-state index in [1.165, 1.54) is 6.07 Å². The third-order valence-electron chi connectivity index (χ3n) is 4.35. The van der Waals surface area contributed by atoms with Crippen molar-refractivity contribution in [2.75, 3.05) is 6.54 Å². The molecular formula is C18H18N2O3. The van der Waals surface area contributed by atoms with Crippen LogP contribution < -0.4 is 0 Å². The Morgan fingerprint density at radius 1 is 1.22 bits per heavy atom. The molecule has 2 aromatic carbocycles. The Bertz CT molecular complexity index is 743. The fourth-order valence-corrected chi connectivity index (χ4v) is 3.14. The predicted octanol–water partition coefficient (Wildman–Crippen LogP) is 3.88. The van der Waals surface area contributed by atoms with Gasteiger partial charge in [-0.2, -0.15) is 0 Å². The molecule has 3 rings (SSSR count). The zero-order valence-electron chi connectivity index (χ0n) is 12.9. The van der Waals surface area contributed by atoms with Crippen LogP contribution in [0.2, 0.25) is 0 Å². The average Bonchev–Trinajstić information content (AvgIpc) is 3.04. The highest BCUT2D eigenvalue weighted by Crippen LogP contribution is 2.33. The van der Waals surface area contributed by atoms with Gasteiger partial charge in [-0.15, -0.1) is 0 Å². The summed E-state index contributed by atoms with van der Waals surface area (Å²) >= 11 is 0. The van der Waals surface area contributed by atoms with Gasteiger partial charge >= 0.3 is 0 Å². The molecule has 1 atom stereocenters. The van der Waals surface area contributed by atoms with Crippen molar-refractivity contribution in [3.05, 3.63) is 75.3 Å². The molecule has 0 radical (unpaired) electrons. The van der Waals surface area contributed by atoms with Crippen LogP contribution in [0.1, 0.15) is 40.4 Å². The molecule has 0 saturated carbocycles. The number of likely N-dealkylation sites (tertiary alicyclic amines) is 1. The van der Waals surface area contributed by atoms with Gasteiger partial charge < -0.3 is 4.90 Å². The number of rotatable bonds is 3. The fraction of sp³-hybridized carbons (Fsp3) is 0.278. The van der Waals surface area contributed by atoms with Gasteiger partial charge in [-0.25, -0.2) is 0 Å². The van der Waals surface area contributed by atoms with Crippen LogP contribution in [0.3, 0.4) is 0 Å². The topological polar surface area (TPSA) is 63.5 Å². The standard InChI is InChI=1S/C18H18N2O3/c1-13-9-10-15(12-17(13)20(22)23)18(21)19-11-5-8-16(19)14-6-3-2-4-7-14/h2-4,6-7,9-10,12,16H,5,8,11H2,1H3. The molecule has 1 fully saturated rings. The summed E-state index contributed by atoms with van der Waals surface area (Å²) in [6.07, 6.45) is 1.86. The van der Waals surface area contributed by atoms with Crippen LogP contribution in [-0.4, -0.2) is 22.3 Å². The summed E-state index contributed by atoms with van der Waals surface area (Å²) in [7, 11) is 0. The number of hydrogen-bond donors (Lipinski definition) is 0. The Kier molecular flexibility index (Phi) is 4.10. The van der Waals surface area contributed by atoms with Gasteiger partial charge in [-0.05, 0) is 31.4 Å². The molecular weight excluding hydrogens is 292 g/mol. The molecule has 1 saturated heterocycles. The van der Waals surface area contributed by atoms with E-state index in [-0.39, 0.29) is 17.6 Å². The number of nitro groups is 1. The molecule has 0 bridgehead atoms. The lowest BCUT2D eigenvalue weighted by Gasteiger charge is -2.25. The molecule has 1 unspecified atom stereocenters. The van der Waals surface area contributed by atoms with Crippen LogP contribution in [0.25, 0.3) is 0 Å². The zero-order valence-corrected chi connectivity index (χ0v) is 12.9. The molecule has 1 aliphatic heterocycles. The molecule has 0 spiro atoms. The van der Waals surface area contributed by atoms with Crippen molar-refractivity contribution < 1.29 is 9.72 Å². The van der Waals surface area contributed by atoms with Crippen molar-refractivity contribution in [2.45, 2.75) is 25.8 Å². The van der Waals surface area contributed by atoms with Crippen LogP contribution in [-0.2, 0) is 0 Å². The molecule has 23 heavy (non-hydrogen) atoms. The molecule has 5 nitrogen and oxygen atoms in total. The van der Waals surface area contributed by atoms with Gasteiger partial charge in [-0.3, -0.25) is 14.9 Å². The SMILES string of the molecule is Cc1ccc(C(=O)N2CCCC2c2ccccc2)cc1[N+](=O)[O-]. The summed E-state index contributed by atoms with van der Waals surface area (Å²) < 4.78 is 0. The van der Waals surface area contributed by atoms with Crippen LogP contribution in [0.4, 0.5) is 5.69 Å². The van der Waals surface area contributed by atoms with Gasteiger partial charge in [0, 0.05) is 23.7 Å². The Hall–Kier alpha value is -2.69. The van der Waals surface area contributed by atoms with E-state index in [1.807, 2.05) is 35.2 Å². The number of amides is 1. The first-order valence-corrected chi connectivity index (χ1v) is 7.69. The number of nitro benzene ring substituents is 1. The van der Waals surface area contributed by atoms with E-state index in [1.54, 1.807) is 19.1 Å². The lowest BCUT2D eigenvalue weighted by molar-refractivity contribution is -0.385. The summed E-state index contributed by atoms with van der Waals surface area (Å²) in [6, 6.07) is 14.7. The maximum Gasteiger partial charge on any atom is 0.273 e. The minimum atomic E-state index is -0.440. The minimum Gasteiger partial charge on any atom is -0.332 e. The molecule has 0 aliphatic carbocycles. The highest BCUT2D eigenvalue weighted by Gasteiger charge is 2.31. The summed E-state index contributed by atoms with van der Waals surface area (Å²) in [5.41, 5.74) is 2.05. The highest BCUT2D eigenvalue weighted by atomic mass is 16.6. The lowest BCUT2D eigenvalue weighted by Crippen LogP contribution is -2.30. The van der Waals surface area contributed by atoms with Gasteiger partial charge in [0.15, 0.2) is 0 Å². The van der Waals surface area contributed by atoms with Gasteiger partial charge in [-0.1, -0.05) is 36.4 Å². The Morgan fingerprint density at radius 2 is 1.96 bits per heavy atom. The Morgan fingerprint density at radius 3 is 2.65 bits per heavy atom. The van der Waals surface area contributed by atoms with E-state index >= 15 is 0 Å². The third kappa shape index (κ3) is 2.95. The predicted molar refractivity (Wildman–Crippen MR) is 87.3 cm³/mol.